The monoisotopic (exact) mass is 402 g/mol. The SMILES string of the molecule is CC1=C/C(=C(/c2ccccc2C(=O)O)c2cc(C)c(O)c(C)c2C)C(C)=C(C)C1=O. The van der Waals surface area contributed by atoms with Crippen LogP contribution >= 0.6 is 0 Å². The molecule has 0 aliphatic heterocycles. The van der Waals surface area contributed by atoms with Crippen LogP contribution in [0.3, 0.4) is 0 Å². The standard InChI is InChI=1S/C26H26O4/c1-13-11-21(15(3)17(5)24(13)27)23(19-9-7-8-10-20(19)26(29)30)22-12-14(2)25(28)18(6)16(22)4/h7-12,27H,1-6H3,(H,29,30)/b23-22+. The van der Waals surface area contributed by atoms with Gasteiger partial charge in [-0.25, -0.2) is 4.79 Å². The second-order valence-electron chi connectivity index (χ2n) is 7.89. The van der Waals surface area contributed by atoms with E-state index in [4.69, 9.17) is 0 Å². The fraction of sp³-hybridized carbons (Fsp3) is 0.231. The van der Waals surface area contributed by atoms with Crippen LogP contribution in [-0.4, -0.2) is 22.0 Å². The molecule has 0 bridgehead atoms. The number of phenolic OH excluding ortho intramolecular Hbond substituents is 1. The minimum absolute atomic E-state index is 0.00286. The molecule has 2 aromatic carbocycles. The molecule has 0 heterocycles. The molecule has 4 nitrogen and oxygen atoms in total. The normalized spacial score (nSPS) is 15.9. The third-order valence-electron chi connectivity index (χ3n) is 6.05. The average Bonchev–Trinajstić information content (AvgIpc) is 2.72. The van der Waals surface area contributed by atoms with Gasteiger partial charge in [0.05, 0.1) is 5.56 Å². The Bertz CT molecular complexity index is 1190. The number of benzene rings is 2. The molecule has 4 heteroatoms. The van der Waals surface area contributed by atoms with E-state index in [0.29, 0.717) is 22.3 Å². The van der Waals surface area contributed by atoms with Crippen molar-refractivity contribution in [2.75, 3.05) is 0 Å². The summed E-state index contributed by atoms with van der Waals surface area (Å²) in [7, 11) is 0. The van der Waals surface area contributed by atoms with Crippen LogP contribution in [0.15, 0.2) is 58.7 Å². The number of carbonyl (C=O) groups excluding carboxylic acids is 1. The van der Waals surface area contributed by atoms with Crippen LogP contribution < -0.4 is 0 Å². The van der Waals surface area contributed by atoms with Crippen LogP contribution in [0.4, 0.5) is 0 Å². The van der Waals surface area contributed by atoms with E-state index in [9.17, 15) is 19.8 Å². The molecule has 2 N–H and O–H groups in total. The van der Waals surface area contributed by atoms with Crippen LogP contribution in [0, 0.1) is 20.8 Å². The van der Waals surface area contributed by atoms with Crippen molar-refractivity contribution in [2.45, 2.75) is 41.5 Å². The Labute approximate surface area is 176 Å². The minimum Gasteiger partial charge on any atom is -0.507 e. The summed E-state index contributed by atoms with van der Waals surface area (Å²) in [6.07, 6.45) is 1.84. The van der Waals surface area contributed by atoms with Crippen LogP contribution in [0.1, 0.15) is 58.9 Å². The molecule has 3 rings (SSSR count). The number of allylic oxidation sites excluding steroid dienone is 5. The first-order valence-corrected chi connectivity index (χ1v) is 9.84. The number of phenols is 1. The van der Waals surface area contributed by atoms with Crippen molar-refractivity contribution in [3.63, 3.8) is 0 Å². The number of hydrogen-bond acceptors (Lipinski definition) is 3. The lowest BCUT2D eigenvalue weighted by atomic mass is 9.79. The van der Waals surface area contributed by atoms with Crippen molar-refractivity contribution >= 4 is 17.3 Å². The van der Waals surface area contributed by atoms with Gasteiger partial charge in [-0.2, -0.15) is 0 Å². The lowest BCUT2D eigenvalue weighted by Gasteiger charge is -2.24. The van der Waals surface area contributed by atoms with Gasteiger partial charge in [-0.15, -0.1) is 0 Å². The molecule has 0 unspecified atom stereocenters. The number of carboxylic acids is 1. The molecule has 0 saturated carbocycles. The Morgan fingerprint density at radius 2 is 1.43 bits per heavy atom. The number of rotatable bonds is 3. The largest absolute Gasteiger partial charge is 0.507 e. The van der Waals surface area contributed by atoms with E-state index < -0.39 is 5.97 Å². The Kier molecular flexibility index (Phi) is 5.53. The summed E-state index contributed by atoms with van der Waals surface area (Å²) in [5, 5.41) is 20.3. The number of aromatic carboxylic acids is 1. The second kappa shape index (κ2) is 7.79. The number of Topliss-reactive ketones (excluding diaryl/α,β-unsaturated/α-hetero) is 1. The molecular weight excluding hydrogens is 376 g/mol. The third kappa shape index (κ3) is 3.39. The van der Waals surface area contributed by atoms with Crippen LogP contribution in [0.5, 0.6) is 5.75 Å². The highest BCUT2D eigenvalue weighted by molar-refractivity contribution is 6.12. The van der Waals surface area contributed by atoms with Crippen LogP contribution in [0.25, 0.3) is 5.57 Å². The number of hydrogen-bond donors (Lipinski definition) is 2. The summed E-state index contributed by atoms with van der Waals surface area (Å²) in [4.78, 5) is 24.5. The Morgan fingerprint density at radius 1 is 0.833 bits per heavy atom. The number of ketones is 1. The molecule has 1 aliphatic rings. The summed E-state index contributed by atoms with van der Waals surface area (Å²) in [5.74, 6) is -0.780. The number of aromatic hydroxyl groups is 1. The maximum atomic E-state index is 12.5. The Balaban J connectivity index is 2.55. The quantitative estimate of drug-likeness (QED) is 0.692. The summed E-state index contributed by atoms with van der Waals surface area (Å²) in [6.45, 7) is 11.1. The maximum Gasteiger partial charge on any atom is 0.336 e. The van der Waals surface area contributed by atoms with E-state index in [-0.39, 0.29) is 17.1 Å². The van der Waals surface area contributed by atoms with Gasteiger partial charge >= 0.3 is 5.97 Å². The molecule has 0 amide bonds. The molecule has 2 aromatic rings. The van der Waals surface area contributed by atoms with Crippen molar-refractivity contribution in [3.05, 3.63) is 92.1 Å². The fourth-order valence-corrected chi connectivity index (χ4v) is 3.97. The molecule has 1 aliphatic carbocycles. The van der Waals surface area contributed by atoms with Crippen molar-refractivity contribution in [1.82, 2.24) is 0 Å². The number of carboxylic acid groups (broad SMARTS) is 1. The number of aryl methyl sites for hydroxylation is 1. The number of carbonyl (C=O) groups is 2. The van der Waals surface area contributed by atoms with E-state index in [1.165, 1.54) is 0 Å². The highest BCUT2D eigenvalue weighted by Crippen LogP contribution is 2.41. The van der Waals surface area contributed by atoms with Gasteiger partial charge in [-0.05, 0) is 110 Å². The summed E-state index contributed by atoms with van der Waals surface area (Å²) in [5.41, 5.74) is 7.62. The summed E-state index contributed by atoms with van der Waals surface area (Å²) >= 11 is 0. The van der Waals surface area contributed by atoms with Crippen molar-refractivity contribution in [2.24, 2.45) is 0 Å². The molecule has 0 spiro atoms. The molecular formula is C26H26O4. The van der Waals surface area contributed by atoms with Gasteiger partial charge in [-0.3, -0.25) is 4.79 Å². The topological polar surface area (TPSA) is 74.6 Å². The molecule has 0 saturated heterocycles. The zero-order chi connectivity index (χ0) is 22.3. The first-order chi connectivity index (χ1) is 14.1. The van der Waals surface area contributed by atoms with Gasteiger partial charge in [0.15, 0.2) is 5.78 Å². The van der Waals surface area contributed by atoms with Crippen LogP contribution in [-0.2, 0) is 4.79 Å². The highest BCUT2D eigenvalue weighted by Gasteiger charge is 2.26. The smallest absolute Gasteiger partial charge is 0.336 e. The summed E-state index contributed by atoms with van der Waals surface area (Å²) < 4.78 is 0. The molecule has 0 aromatic heterocycles. The molecule has 154 valence electrons. The predicted molar refractivity (Wildman–Crippen MR) is 119 cm³/mol. The van der Waals surface area contributed by atoms with E-state index in [1.807, 2.05) is 45.9 Å². The first kappa shape index (κ1) is 21.3. The average molecular weight is 402 g/mol. The van der Waals surface area contributed by atoms with Crippen molar-refractivity contribution in [3.8, 4) is 5.75 Å². The third-order valence-corrected chi connectivity index (χ3v) is 6.05. The summed E-state index contributed by atoms with van der Waals surface area (Å²) in [6, 6.07) is 8.79. The van der Waals surface area contributed by atoms with Gasteiger partial charge < -0.3 is 10.2 Å². The lowest BCUT2D eigenvalue weighted by Crippen LogP contribution is -2.13. The molecule has 0 fully saturated rings. The van der Waals surface area contributed by atoms with Crippen molar-refractivity contribution < 1.29 is 19.8 Å². The maximum absolute atomic E-state index is 12.5. The Morgan fingerprint density at radius 3 is 2.03 bits per heavy atom. The first-order valence-electron chi connectivity index (χ1n) is 9.84. The van der Waals surface area contributed by atoms with Gasteiger partial charge in [-0.1, -0.05) is 18.2 Å². The van der Waals surface area contributed by atoms with Gasteiger partial charge in [0.1, 0.15) is 5.75 Å². The molecule has 30 heavy (non-hydrogen) atoms. The minimum atomic E-state index is -1.01. The van der Waals surface area contributed by atoms with Gasteiger partial charge in [0.2, 0.25) is 0 Å². The van der Waals surface area contributed by atoms with Gasteiger partial charge in [0.25, 0.3) is 0 Å². The van der Waals surface area contributed by atoms with E-state index in [1.54, 1.807) is 32.0 Å². The highest BCUT2D eigenvalue weighted by atomic mass is 16.4. The molecule has 0 atom stereocenters. The van der Waals surface area contributed by atoms with E-state index in [2.05, 4.69) is 0 Å². The van der Waals surface area contributed by atoms with Crippen molar-refractivity contribution in [1.29, 1.82) is 0 Å². The van der Waals surface area contributed by atoms with E-state index >= 15 is 0 Å². The van der Waals surface area contributed by atoms with E-state index in [0.717, 1.165) is 33.4 Å². The second-order valence-corrected chi connectivity index (χ2v) is 7.89. The zero-order valence-electron chi connectivity index (χ0n) is 18.2. The molecule has 0 radical (unpaired) electrons. The van der Waals surface area contributed by atoms with Gasteiger partial charge in [0, 0.05) is 5.57 Å². The lowest BCUT2D eigenvalue weighted by molar-refractivity contribution is -0.112. The zero-order valence-corrected chi connectivity index (χ0v) is 18.2. The fourth-order valence-electron chi connectivity index (χ4n) is 3.97. The Hall–Kier alpha value is -3.40. The van der Waals surface area contributed by atoms with Crippen LogP contribution in [0.2, 0.25) is 0 Å². The predicted octanol–water partition coefficient (Wildman–Crippen LogP) is 5.68.